The minimum atomic E-state index is -0.646. The van der Waals surface area contributed by atoms with E-state index in [-0.39, 0.29) is 40.5 Å². The highest BCUT2D eigenvalue weighted by atomic mass is 32.1. The van der Waals surface area contributed by atoms with E-state index in [2.05, 4.69) is 5.32 Å². The van der Waals surface area contributed by atoms with E-state index in [0.717, 1.165) is 16.2 Å². The van der Waals surface area contributed by atoms with E-state index in [4.69, 9.17) is 10.5 Å². The Labute approximate surface area is 166 Å². The van der Waals surface area contributed by atoms with Gasteiger partial charge in [0.05, 0.1) is 23.6 Å². The van der Waals surface area contributed by atoms with E-state index in [1.807, 2.05) is 36.4 Å². The molecule has 27 heavy (non-hydrogen) atoms. The molecule has 0 radical (unpaired) electrons. The first-order chi connectivity index (χ1) is 12.8. The lowest BCUT2D eigenvalue weighted by Crippen LogP contribution is -2.32. The fourth-order valence-corrected chi connectivity index (χ4v) is 4.47. The summed E-state index contributed by atoms with van der Waals surface area (Å²) < 4.78 is 5.05. The number of ether oxygens (including phenoxy) is 1. The molecule has 2 rings (SSSR count). The third-order valence-electron chi connectivity index (χ3n) is 4.11. The standard InChI is InChI=1S/C18H23N3O4S2/c1-5-25-18(24)14-10(2)15(16(19)23)27-17(14)20-13(22)9-21(4)11(3)12-7-6-8-26-12/h6-8,11H,5,9H2,1-4H3,(H2,19,23)(H,20,22). The molecule has 0 aliphatic rings. The van der Waals surface area contributed by atoms with E-state index >= 15 is 0 Å². The van der Waals surface area contributed by atoms with Gasteiger partial charge >= 0.3 is 5.97 Å². The number of thiophene rings is 2. The summed E-state index contributed by atoms with van der Waals surface area (Å²) in [7, 11) is 1.85. The number of primary amides is 1. The topological polar surface area (TPSA) is 102 Å². The Hall–Kier alpha value is -2.23. The van der Waals surface area contributed by atoms with Crippen molar-refractivity contribution >= 4 is 45.5 Å². The van der Waals surface area contributed by atoms with Gasteiger partial charge < -0.3 is 15.8 Å². The summed E-state index contributed by atoms with van der Waals surface area (Å²) in [6, 6.07) is 4.06. The van der Waals surface area contributed by atoms with Crippen LogP contribution in [0, 0.1) is 6.92 Å². The van der Waals surface area contributed by atoms with Crippen molar-refractivity contribution in [3.63, 3.8) is 0 Å². The monoisotopic (exact) mass is 409 g/mol. The molecule has 0 aromatic carbocycles. The van der Waals surface area contributed by atoms with Gasteiger partial charge in [0.2, 0.25) is 5.91 Å². The van der Waals surface area contributed by atoms with Crippen LogP contribution >= 0.6 is 22.7 Å². The minimum absolute atomic E-state index is 0.0755. The Bertz CT molecular complexity index is 830. The summed E-state index contributed by atoms with van der Waals surface area (Å²) in [6.07, 6.45) is 0. The van der Waals surface area contributed by atoms with Crippen molar-refractivity contribution in [3.05, 3.63) is 38.4 Å². The maximum Gasteiger partial charge on any atom is 0.341 e. The van der Waals surface area contributed by atoms with Gasteiger partial charge in [-0.1, -0.05) is 6.07 Å². The molecule has 7 nitrogen and oxygen atoms in total. The Kier molecular flexibility index (Phi) is 7.11. The quantitative estimate of drug-likeness (QED) is 0.653. The van der Waals surface area contributed by atoms with Crippen molar-refractivity contribution in [2.75, 3.05) is 25.5 Å². The zero-order valence-electron chi connectivity index (χ0n) is 15.7. The van der Waals surface area contributed by atoms with Gasteiger partial charge in [0, 0.05) is 10.9 Å². The van der Waals surface area contributed by atoms with Crippen molar-refractivity contribution in [3.8, 4) is 0 Å². The summed E-state index contributed by atoms with van der Waals surface area (Å²) in [5.74, 6) is -1.52. The Balaban J connectivity index is 2.17. The van der Waals surface area contributed by atoms with E-state index in [9.17, 15) is 14.4 Å². The Morgan fingerprint density at radius 2 is 2.07 bits per heavy atom. The second-order valence-corrected chi connectivity index (χ2v) is 8.00. The van der Waals surface area contributed by atoms with Gasteiger partial charge in [0.15, 0.2) is 0 Å². The number of amides is 2. The van der Waals surface area contributed by atoms with Crippen molar-refractivity contribution in [2.24, 2.45) is 5.73 Å². The molecule has 3 N–H and O–H groups in total. The van der Waals surface area contributed by atoms with Crippen LogP contribution in [0.5, 0.6) is 0 Å². The van der Waals surface area contributed by atoms with Crippen LogP contribution in [0.3, 0.4) is 0 Å². The molecule has 2 aromatic heterocycles. The van der Waals surface area contributed by atoms with Crippen molar-refractivity contribution in [2.45, 2.75) is 26.8 Å². The Morgan fingerprint density at radius 3 is 2.63 bits per heavy atom. The third-order valence-corrected chi connectivity index (χ3v) is 6.38. The molecule has 0 aliphatic heterocycles. The number of rotatable bonds is 8. The van der Waals surface area contributed by atoms with Crippen LogP contribution in [0.1, 0.15) is 50.4 Å². The van der Waals surface area contributed by atoms with Crippen LogP contribution in [0.15, 0.2) is 17.5 Å². The molecule has 0 saturated carbocycles. The molecule has 2 aromatic rings. The molecule has 1 unspecified atom stereocenters. The van der Waals surface area contributed by atoms with Crippen molar-refractivity contribution in [1.29, 1.82) is 0 Å². The molecule has 146 valence electrons. The van der Waals surface area contributed by atoms with Gasteiger partial charge in [-0.15, -0.1) is 22.7 Å². The van der Waals surface area contributed by atoms with Gasteiger partial charge in [0.25, 0.3) is 5.91 Å². The Morgan fingerprint density at radius 1 is 1.37 bits per heavy atom. The van der Waals surface area contributed by atoms with Gasteiger partial charge in [-0.2, -0.15) is 0 Å². The lowest BCUT2D eigenvalue weighted by molar-refractivity contribution is -0.117. The number of hydrogen-bond donors (Lipinski definition) is 2. The number of esters is 1. The van der Waals surface area contributed by atoms with Gasteiger partial charge in [0.1, 0.15) is 5.00 Å². The summed E-state index contributed by atoms with van der Waals surface area (Å²) in [5, 5.41) is 5.00. The van der Waals surface area contributed by atoms with Crippen LogP contribution in [0.2, 0.25) is 0 Å². The molecule has 1 atom stereocenters. The van der Waals surface area contributed by atoms with Gasteiger partial charge in [-0.3, -0.25) is 14.5 Å². The lowest BCUT2D eigenvalue weighted by Gasteiger charge is -2.23. The van der Waals surface area contributed by atoms with E-state index in [1.165, 1.54) is 0 Å². The number of hydrogen-bond acceptors (Lipinski definition) is 7. The number of nitrogens with two attached hydrogens (primary N) is 1. The predicted octanol–water partition coefficient (Wildman–Crippen LogP) is 3.03. The number of nitrogens with zero attached hydrogens (tertiary/aromatic N) is 1. The molecule has 0 fully saturated rings. The highest BCUT2D eigenvalue weighted by Gasteiger charge is 2.26. The second-order valence-electron chi connectivity index (χ2n) is 6.00. The SMILES string of the molecule is CCOC(=O)c1c(NC(=O)CN(C)C(C)c2cccs2)sc(C(N)=O)c1C. The number of carbonyl (C=O) groups is 3. The zero-order chi connectivity index (χ0) is 20.1. The molecule has 0 bridgehead atoms. The fourth-order valence-electron chi connectivity index (χ4n) is 2.56. The first kappa shape index (κ1) is 21.1. The summed E-state index contributed by atoms with van der Waals surface area (Å²) in [4.78, 5) is 39.7. The number of likely N-dealkylation sites (N-methyl/N-ethyl adjacent to an activating group) is 1. The van der Waals surface area contributed by atoms with Crippen LogP contribution < -0.4 is 11.1 Å². The first-order valence-electron chi connectivity index (χ1n) is 8.40. The van der Waals surface area contributed by atoms with Gasteiger partial charge in [-0.25, -0.2) is 4.79 Å². The number of nitrogens with one attached hydrogen (secondary N) is 1. The molecule has 2 heterocycles. The highest BCUT2D eigenvalue weighted by molar-refractivity contribution is 7.18. The van der Waals surface area contributed by atoms with Crippen molar-refractivity contribution in [1.82, 2.24) is 4.90 Å². The normalized spacial score (nSPS) is 12.0. The van der Waals surface area contributed by atoms with Crippen LogP contribution in [-0.2, 0) is 9.53 Å². The maximum atomic E-state index is 12.5. The highest BCUT2D eigenvalue weighted by Crippen LogP contribution is 2.33. The van der Waals surface area contributed by atoms with Crippen LogP contribution in [0.25, 0.3) is 0 Å². The summed E-state index contributed by atoms with van der Waals surface area (Å²) in [5.41, 5.74) is 5.97. The van der Waals surface area contributed by atoms with Crippen molar-refractivity contribution < 1.29 is 19.1 Å². The van der Waals surface area contributed by atoms with Crippen LogP contribution in [0.4, 0.5) is 5.00 Å². The molecule has 2 amide bonds. The molecule has 0 saturated heterocycles. The average Bonchev–Trinajstić information content (AvgIpc) is 3.22. The smallest absolute Gasteiger partial charge is 0.341 e. The summed E-state index contributed by atoms with van der Waals surface area (Å²) in [6.45, 7) is 5.64. The predicted molar refractivity (Wildman–Crippen MR) is 108 cm³/mol. The summed E-state index contributed by atoms with van der Waals surface area (Å²) >= 11 is 2.61. The molecule has 0 spiro atoms. The average molecular weight is 410 g/mol. The largest absolute Gasteiger partial charge is 0.462 e. The molecule has 9 heteroatoms. The van der Waals surface area contributed by atoms with Crippen LogP contribution in [-0.4, -0.2) is 42.9 Å². The first-order valence-corrected chi connectivity index (χ1v) is 10.1. The maximum absolute atomic E-state index is 12.5. The number of anilines is 1. The van der Waals surface area contributed by atoms with Gasteiger partial charge in [-0.05, 0) is 44.8 Å². The second kappa shape index (κ2) is 9.12. The zero-order valence-corrected chi connectivity index (χ0v) is 17.3. The minimum Gasteiger partial charge on any atom is -0.462 e. The van der Waals surface area contributed by atoms with E-state index in [0.29, 0.717) is 5.56 Å². The van der Waals surface area contributed by atoms with E-state index in [1.54, 1.807) is 25.2 Å². The van der Waals surface area contributed by atoms with E-state index < -0.39 is 11.9 Å². The fraction of sp³-hybridized carbons (Fsp3) is 0.389. The molecular formula is C18H23N3O4S2. The third kappa shape index (κ3) is 4.94. The molecule has 0 aliphatic carbocycles. The molecular weight excluding hydrogens is 386 g/mol. The lowest BCUT2D eigenvalue weighted by atomic mass is 10.1. The number of carbonyl (C=O) groups excluding carboxylic acids is 3.